The fourth-order valence-electron chi connectivity index (χ4n) is 0.808. The van der Waals surface area contributed by atoms with Crippen LogP contribution in [-0.2, 0) is 14.7 Å². The van der Waals surface area contributed by atoms with E-state index >= 15 is 0 Å². The summed E-state index contributed by atoms with van der Waals surface area (Å²) in [5, 5.41) is 0. The molecule has 0 aromatic rings. The Morgan fingerprint density at radius 2 is 2.33 bits per heavy atom. The Morgan fingerprint density at radius 1 is 1.78 bits per heavy atom. The zero-order valence-corrected chi connectivity index (χ0v) is 6.80. The monoisotopic (exact) mass is 168 g/mol. The van der Waals surface area contributed by atoms with Crippen LogP contribution >= 0.6 is 10.7 Å². The topological polar surface area (TPSA) is 26.3 Å². The molecule has 2 nitrogen and oxygen atoms in total. The Labute approximate surface area is 61.5 Å². The lowest BCUT2D eigenvalue weighted by Gasteiger charge is -2.36. The van der Waals surface area contributed by atoms with Crippen LogP contribution in [0.15, 0.2) is 0 Å². The molecule has 0 radical (unpaired) electrons. The normalized spacial score (nSPS) is 26.9. The second-order valence-electron chi connectivity index (χ2n) is 2.74. The molecule has 0 aromatic heterocycles. The average molecular weight is 169 g/mol. The van der Waals surface area contributed by atoms with Crippen LogP contribution in [0.1, 0.15) is 6.92 Å². The molecule has 1 atom stereocenters. The Morgan fingerprint density at radius 3 is 2.44 bits per heavy atom. The lowest BCUT2D eigenvalue weighted by atomic mass is 9.92. The highest BCUT2D eigenvalue weighted by Crippen LogP contribution is 2.27. The van der Waals surface area contributed by atoms with Gasteiger partial charge in [0.1, 0.15) is 10.0 Å². The van der Waals surface area contributed by atoms with Crippen LogP contribution in [0, 0.1) is 5.41 Å². The van der Waals surface area contributed by atoms with Crippen molar-refractivity contribution in [3.05, 3.63) is 0 Å². The molecule has 4 heteroatoms. The highest BCUT2D eigenvalue weighted by molar-refractivity contribution is 8.08. The second-order valence-corrected chi connectivity index (χ2v) is 4.64. The Kier molecular flexibility index (Phi) is 2.14. The highest BCUT2D eigenvalue weighted by Gasteiger charge is 2.34. The minimum absolute atomic E-state index is 0.0899. The minimum atomic E-state index is -1.19. The maximum atomic E-state index is 10.5. The van der Waals surface area contributed by atoms with Crippen molar-refractivity contribution in [2.45, 2.75) is 6.92 Å². The van der Waals surface area contributed by atoms with E-state index < -0.39 is 10.0 Å². The van der Waals surface area contributed by atoms with Crippen LogP contribution in [0.4, 0.5) is 0 Å². The van der Waals surface area contributed by atoms with Crippen molar-refractivity contribution in [1.29, 1.82) is 0 Å². The fraction of sp³-hybridized carbons (Fsp3) is 1.00. The Bertz CT molecular complexity index is 133. The predicted molar refractivity (Wildman–Crippen MR) is 37.8 cm³/mol. The first-order chi connectivity index (χ1) is 4.12. The van der Waals surface area contributed by atoms with Gasteiger partial charge in [-0.2, -0.15) is 0 Å². The molecule has 0 aromatic carbocycles. The molecule has 1 rings (SSSR count). The molecular weight excluding hydrogens is 160 g/mol. The molecule has 1 fully saturated rings. The van der Waals surface area contributed by atoms with Gasteiger partial charge in [0.25, 0.3) is 0 Å². The van der Waals surface area contributed by atoms with Crippen LogP contribution in [0.2, 0.25) is 0 Å². The summed E-state index contributed by atoms with van der Waals surface area (Å²) in [6.07, 6.45) is 0. The van der Waals surface area contributed by atoms with Crippen LogP contribution in [0.3, 0.4) is 0 Å². The highest BCUT2D eigenvalue weighted by atomic mass is 35.7. The van der Waals surface area contributed by atoms with E-state index in [9.17, 15) is 4.21 Å². The summed E-state index contributed by atoms with van der Waals surface area (Å²) in [5.41, 5.74) is 0.0899. The summed E-state index contributed by atoms with van der Waals surface area (Å²) in [7, 11) is 4.10. The quantitative estimate of drug-likeness (QED) is 0.574. The molecule has 1 heterocycles. The van der Waals surface area contributed by atoms with E-state index in [1.807, 2.05) is 6.92 Å². The summed E-state index contributed by atoms with van der Waals surface area (Å²) in [4.78, 5) is 0. The fourth-order valence-corrected chi connectivity index (χ4v) is 2.31. The molecule has 54 valence electrons. The van der Waals surface area contributed by atoms with Crippen LogP contribution < -0.4 is 0 Å². The number of rotatable bonds is 2. The molecule has 1 saturated heterocycles. The van der Waals surface area contributed by atoms with E-state index in [1.54, 1.807) is 0 Å². The van der Waals surface area contributed by atoms with Crippen molar-refractivity contribution >= 4 is 20.7 Å². The third-order valence-electron chi connectivity index (χ3n) is 1.36. The predicted octanol–water partition coefficient (Wildman–Crippen LogP) is 0.925. The number of hydrogen-bond acceptors (Lipinski definition) is 2. The van der Waals surface area contributed by atoms with E-state index in [0.29, 0.717) is 19.0 Å². The maximum Gasteiger partial charge on any atom is 0.115 e. The van der Waals surface area contributed by atoms with E-state index in [2.05, 4.69) is 0 Å². The van der Waals surface area contributed by atoms with Gasteiger partial charge in [0, 0.05) is 11.2 Å². The zero-order chi connectivity index (χ0) is 6.91. The van der Waals surface area contributed by atoms with Gasteiger partial charge in [0.2, 0.25) is 0 Å². The summed E-state index contributed by atoms with van der Waals surface area (Å²) in [6, 6.07) is 0. The van der Waals surface area contributed by atoms with Crippen molar-refractivity contribution in [2.75, 3.05) is 19.0 Å². The third-order valence-corrected chi connectivity index (χ3v) is 2.61. The van der Waals surface area contributed by atoms with Gasteiger partial charge in [-0.05, 0) is 10.7 Å². The summed E-state index contributed by atoms with van der Waals surface area (Å²) in [5.74, 6) is 0.550. The van der Waals surface area contributed by atoms with Crippen molar-refractivity contribution in [2.24, 2.45) is 5.41 Å². The first-order valence-corrected chi connectivity index (χ1v) is 4.89. The molecule has 0 saturated carbocycles. The van der Waals surface area contributed by atoms with E-state index in [1.165, 1.54) is 0 Å². The Balaban J connectivity index is 2.33. The molecule has 0 spiro atoms. The molecule has 0 N–H and O–H groups in total. The van der Waals surface area contributed by atoms with Gasteiger partial charge in [-0.15, -0.1) is 0 Å². The molecule has 1 unspecified atom stereocenters. The lowest BCUT2D eigenvalue weighted by molar-refractivity contribution is -0.0864. The second kappa shape index (κ2) is 2.56. The van der Waals surface area contributed by atoms with Gasteiger partial charge in [0.05, 0.1) is 13.2 Å². The van der Waals surface area contributed by atoms with Gasteiger partial charge in [0.15, 0.2) is 0 Å². The van der Waals surface area contributed by atoms with Gasteiger partial charge in [-0.3, -0.25) is 0 Å². The van der Waals surface area contributed by atoms with Crippen LogP contribution in [0.5, 0.6) is 0 Å². The minimum Gasteiger partial charge on any atom is -0.380 e. The zero-order valence-electron chi connectivity index (χ0n) is 5.22. The molecular formula is C5H9ClO2S. The van der Waals surface area contributed by atoms with Gasteiger partial charge >= 0.3 is 0 Å². The largest absolute Gasteiger partial charge is 0.380 e. The van der Waals surface area contributed by atoms with Gasteiger partial charge < -0.3 is 4.74 Å². The van der Waals surface area contributed by atoms with Crippen molar-refractivity contribution in [3.63, 3.8) is 0 Å². The summed E-state index contributed by atoms with van der Waals surface area (Å²) in [6.45, 7) is 3.42. The van der Waals surface area contributed by atoms with Crippen LogP contribution in [0.25, 0.3) is 0 Å². The number of hydrogen-bond donors (Lipinski definition) is 0. The molecule has 0 bridgehead atoms. The average Bonchev–Trinajstić information content (AvgIpc) is 1.60. The van der Waals surface area contributed by atoms with Gasteiger partial charge in [-0.1, -0.05) is 6.92 Å². The van der Waals surface area contributed by atoms with Gasteiger partial charge in [-0.25, -0.2) is 4.21 Å². The number of halogens is 1. The molecule has 1 aliphatic heterocycles. The first-order valence-electron chi connectivity index (χ1n) is 2.75. The van der Waals surface area contributed by atoms with Crippen molar-refractivity contribution < 1.29 is 8.95 Å². The molecule has 1 aliphatic rings. The summed E-state index contributed by atoms with van der Waals surface area (Å²) < 4.78 is 15.4. The molecule has 0 amide bonds. The smallest absolute Gasteiger partial charge is 0.115 e. The lowest BCUT2D eigenvalue weighted by Crippen LogP contribution is -2.43. The standard InChI is InChI=1S/C5H9ClO2S/c1-5(2-8-3-5)4-9(6)7/h2-4H2,1H3. The Hall–Kier alpha value is 0.400. The maximum absolute atomic E-state index is 10.5. The van der Waals surface area contributed by atoms with E-state index in [-0.39, 0.29) is 5.41 Å². The number of ether oxygens (including phenoxy) is 1. The molecule has 0 aliphatic carbocycles. The first kappa shape index (κ1) is 7.51. The van der Waals surface area contributed by atoms with Crippen LogP contribution in [-0.4, -0.2) is 23.2 Å². The van der Waals surface area contributed by atoms with Crippen molar-refractivity contribution in [3.8, 4) is 0 Å². The van der Waals surface area contributed by atoms with E-state index in [0.717, 1.165) is 0 Å². The SMILES string of the molecule is CC1(CS(=O)Cl)COC1. The third kappa shape index (κ3) is 1.92. The van der Waals surface area contributed by atoms with E-state index in [4.69, 9.17) is 15.4 Å². The van der Waals surface area contributed by atoms with Crippen molar-refractivity contribution in [1.82, 2.24) is 0 Å². The molecule has 9 heavy (non-hydrogen) atoms. The summed E-state index contributed by atoms with van der Waals surface area (Å²) >= 11 is 0.